The van der Waals surface area contributed by atoms with E-state index in [1.165, 1.54) is 0 Å². The third-order valence-corrected chi connectivity index (χ3v) is 4.53. The molecule has 0 aliphatic carbocycles. The number of hydrogen-bond acceptors (Lipinski definition) is 5. The summed E-state index contributed by atoms with van der Waals surface area (Å²) < 4.78 is 16.4. The standard InChI is InChI=1S/C20H28N2O5/c1-20(2,3)27-19(24)22-8-4-5-14(13-22)12-21-18(23)15-6-7-16-17(11-15)26-10-9-25-16/h6-7,11,14H,4-5,8-10,12-13H2,1-3H3,(H,21,23)/t14-/m1/s1. The van der Waals surface area contributed by atoms with Gasteiger partial charge < -0.3 is 24.4 Å². The molecule has 1 saturated heterocycles. The Morgan fingerprint density at radius 1 is 1.22 bits per heavy atom. The predicted octanol–water partition coefficient (Wildman–Crippen LogP) is 2.83. The molecule has 3 rings (SSSR count). The van der Waals surface area contributed by atoms with E-state index in [0.717, 1.165) is 12.8 Å². The molecule has 0 saturated carbocycles. The molecule has 1 N–H and O–H groups in total. The van der Waals surface area contributed by atoms with Gasteiger partial charge in [0.2, 0.25) is 0 Å². The highest BCUT2D eigenvalue weighted by Gasteiger charge is 2.28. The van der Waals surface area contributed by atoms with Crippen molar-refractivity contribution >= 4 is 12.0 Å². The molecule has 1 fully saturated rings. The molecule has 2 aliphatic heterocycles. The van der Waals surface area contributed by atoms with Crippen LogP contribution < -0.4 is 14.8 Å². The first-order chi connectivity index (χ1) is 12.8. The van der Waals surface area contributed by atoms with Crippen molar-refractivity contribution in [2.24, 2.45) is 5.92 Å². The number of amides is 2. The van der Waals surface area contributed by atoms with Crippen LogP contribution in [0.25, 0.3) is 0 Å². The SMILES string of the molecule is CC(C)(C)OC(=O)N1CCC[C@H](CNC(=O)c2ccc3c(c2)OCCO3)C1. The maximum Gasteiger partial charge on any atom is 0.410 e. The van der Waals surface area contributed by atoms with E-state index in [0.29, 0.717) is 49.9 Å². The quantitative estimate of drug-likeness (QED) is 0.878. The highest BCUT2D eigenvalue weighted by atomic mass is 16.6. The Balaban J connectivity index is 1.52. The minimum absolute atomic E-state index is 0.152. The Kier molecular flexibility index (Phi) is 5.77. The molecule has 0 spiro atoms. The van der Waals surface area contributed by atoms with Gasteiger partial charge in [0, 0.05) is 25.2 Å². The van der Waals surface area contributed by atoms with Crippen LogP contribution >= 0.6 is 0 Å². The molecule has 7 nitrogen and oxygen atoms in total. The zero-order chi connectivity index (χ0) is 19.4. The summed E-state index contributed by atoms with van der Waals surface area (Å²) in [6.07, 6.45) is 1.59. The second kappa shape index (κ2) is 8.06. The van der Waals surface area contributed by atoms with Crippen LogP contribution in [0.2, 0.25) is 0 Å². The number of ether oxygens (including phenoxy) is 3. The number of benzene rings is 1. The average Bonchev–Trinajstić information content (AvgIpc) is 2.64. The van der Waals surface area contributed by atoms with Gasteiger partial charge in [-0.15, -0.1) is 0 Å². The molecule has 2 amide bonds. The van der Waals surface area contributed by atoms with Crippen LogP contribution in [-0.4, -0.2) is 55.3 Å². The summed E-state index contributed by atoms with van der Waals surface area (Å²) in [7, 11) is 0. The van der Waals surface area contributed by atoms with Gasteiger partial charge in [-0.3, -0.25) is 4.79 Å². The summed E-state index contributed by atoms with van der Waals surface area (Å²) in [5.74, 6) is 1.33. The maximum atomic E-state index is 12.5. The monoisotopic (exact) mass is 376 g/mol. The summed E-state index contributed by atoms with van der Waals surface area (Å²) in [6.45, 7) is 8.40. The lowest BCUT2D eigenvalue weighted by Crippen LogP contribution is -2.45. The minimum atomic E-state index is -0.503. The number of carbonyl (C=O) groups is 2. The van der Waals surface area contributed by atoms with Crippen LogP contribution in [0.1, 0.15) is 44.0 Å². The fourth-order valence-corrected chi connectivity index (χ4v) is 3.25. The Bertz CT molecular complexity index is 698. The van der Waals surface area contributed by atoms with Gasteiger partial charge in [0.15, 0.2) is 11.5 Å². The van der Waals surface area contributed by atoms with Crippen LogP contribution in [0, 0.1) is 5.92 Å². The van der Waals surface area contributed by atoms with E-state index < -0.39 is 5.60 Å². The summed E-state index contributed by atoms with van der Waals surface area (Å²) >= 11 is 0. The summed E-state index contributed by atoms with van der Waals surface area (Å²) in [4.78, 5) is 26.4. The van der Waals surface area contributed by atoms with Gasteiger partial charge in [-0.05, 0) is 57.7 Å². The average molecular weight is 376 g/mol. The molecule has 148 valence electrons. The largest absolute Gasteiger partial charge is 0.486 e. The highest BCUT2D eigenvalue weighted by Crippen LogP contribution is 2.30. The van der Waals surface area contributed by atoms with E-state index in [4.69, 9.17) is 14.2 Å². The highest BCUT2D eigenvalue weighted by molar-refractivity contribution is 5.94. The first-order valence-corrected chi connectivity index (χ1v) is 9.47. The topological polar surface area (TPSA) is 77.1 Å². The lowest BCUT2D eigenvalue weighted by atomic mass is 9.98. The van der Waals surface area contributed by atoms with Crippen LogP contribution in [0.4, 0.5) is 4.79 Å². The second-order valence-electron chi connectivity index (χ2n) is 8.00. The van der Waals surface area contributed by atoms with E-state index in [-0.39, 0.29) is 17.9 Å². The molecule has 0 aromatic heterocycles. The van der Waals surface area contributed by atoms with E-state index >= 15 is 0 Å². The number of piperidine rings is 1. The van der Waals surface area contributed by atoms with Crippen molar-refractivity contribution in [2.45, 2.75) is 39.2 Å². The van der Waals surface area contributed by atoms with Crippen LogP contribution in [0.15, 0.2) is 18.2 Å². The molecule has 1 aromatic rings. The molecule has 1 atom stereocenters. The van der Waals surface area contributed by atoms with Gasteiger partial charge in [0.1, 0.15) is 18.8 Å². The number of nitrogens with one attached hydrogen (secondary N) is 1. The van der Waals surface area contributed by atoms with Crippen molar-refractivity contribution in [1.29, 1.82) is 0 Å². The fraction of sp³-hybridized carbons (Fsp3) is 0.600. The molecule has 2 aliphatic rings. The van der Waals surface area contributed by atoms with Crippen LogP contribution in [0.5, 0.6) is 11.5 Å². The first kappa shape index (κ1) is 19.3. The van der Waals surface area contributed by atoms with E-state index in [9.17, 15) is 9.59 Å². The van der Waals surface area contributed by atoms with E-state index in [2.05, 4.69) is 5.32 Å². The fourth-order valence-electron chi connectivity index (χ4n) is 3.25. The molecule has 0 bridgehead atoms. The van der Waals surface area contributed by atoms with Gasteiger partial charge in [-0.25, -0.2) is 4.79 Å². The summed E-state index contributed by atoms with van der Waals surface area (Å²) in [5, 5.41) is 2.97. The number of hydrogen-bond donors (Lipinski definition) is 1. The lowest BCUT2D eigenvalue weighted by molar-refractivity contribution is 0.0167. The normalized spacial score (nSPS) is 19.4. The van der Waals surface area contributed by atoms with Crippen molar-refractivity contribution in [3.05, 3.63) is 23.8 Å². The van der Waals surface area contributed by atoms with E-state index in [1.807, 2.05) is 20.8 Å². The molecule has 2 heterocycles. The van der Waals surface area contributed by atoms with Gasteiger partial charge in [0.25, 0.3) is 5.91 Å². The predicted molar refractivity (Wildman–Crippen MR) is 100 cm³/mol. The molecule has 0 radical (unpaired) electrons. The van der Waals surface area contributed by atoms with Crippen molar-refractivity contribution in [2.75, 3.05) is 32.8 Å². The molecular weight excluding hydrogens is 348 g/mol. The number of likely N-dealkylation sites (tertiary alicyclic amines) is 1. The van der Waals surface area contributed by atoms with Gasteiger partial charge >= 0.3 is 6.09 Å². The lowest BCUT2D eigenvalue weighted by Gasteiger charge is -2.34. The molecule has 27 heavy (non-hydrogen) atoms. The number of carbonyl (C=O) groups excluding carboxylic acids is 2. The Hall–Kier alpha value is -2.44. The van der Waals surface area contributed by atoms with Crippen molar-refractivity contribution < 1.29 is 23.8 Å². The second-order valence-corrected chi connectivity index (χ2v) is 8.00. The van der Waals surface area contributed by atoms with Gasteiger partial charge in [-0.1, -0.05) is 0 Å². The zero-order valence-corrected chi connectivity index (χ0v) is 16.2. The van der Waals surface area contributed by atoms with Gasteiger partial charge in [-0.2, -0.15) is 0 Å². The smallest absolute Gasteiger partial charge is 0.410 e. The maximum absolute atomic E-state index is 12.5. The summed E-state index contributed by atoms with van der Waals surface area (Å²) in [6, 6.07) is 5.20. The number of rotatable bonds is 3. The third kappa shape index (κ3) is 5.28. The van der Waals surface area contributed by atoms with Crippen molar-refractivity contribution in [3.63, 3.8) is 0 Å². The first-order valence-electron chi connectivity index (χ1n) is 9.47. The van der Waals surface area contributed by atoms with Crippen molar-refractivity contribution in [1.82, 2.24) is 10.2 Å². The van der Waals surface area contributed by atoms with Crippen LogP contribution in [0.3, 0.4) is 0 Å². The molecule has 1 aromatic carbocycles. The Labute approximate surface area is 160 Å². The third-order valence-electron chi connectivity index (χ3n) is 4.53. The molecular formula is C20H28N2O5. The molecule has 0 unspecified atom stereocenters. The zero-order valence-electron chi connectivity index (χ0n) is 16.2. The number of nitrogens with zero attached hydrogens (tertiary/aromatic N) is 1. The summed E-state index contributed by atoms with van der Waals surface area (Å²) in [5.41, 5.74) is 0.0373. The van der Waals surface area contributed by atoms with E-state index in [1.54, 1.807) is 23.1 Å². The Morgan fingerprint density at radius 2 is 1.96 bits per heavy atom. The number of fused-ring (bicyclic) bond motifs is 1. The minimum Gasteiger partial charge on any atom is -0.486 e. The van der Waals surface area contributed by atoms with Crippen LogP contribution in [-0.2, 0) is 4.74 Å². The van der Waals surface area contributed by atoms with Gasteiger partial charge in [0.05, 0.1) is 0 Å². The Morgan fingerprint density at radius 3 is 2.70 bits per heavy atom. The molecule has 7 heteroatoms. The van der Waals surface area contributed by atoms with Crippen molar-refractivity contribution in [3.8, 4) is 11.5 Å².